The third kappa shape index (κ3) is 3.83. The molecule has 1 rings (SSSR count). The van der Waals surface area contributed by atoms with E-state index in [4.69, 9.17) is 10.5 Å². The van der Waals surface area contributed by atoms with Crippen molar-refractivity contribution < 1.29 is 4.74 Å². The maximum Gasteiger partial charge on any atom is 0.123 e. The van der Waals surface area contributed by atoms with E-state index in [0.29, 0.717) is 6.04 Å². The van der Waals surface area contributed by atoms with Crippen molar-refractivity contribution in [2.45, 2.75) is 32.4 Å². The molecule has 0 aromatic heterocycles. The van der Waals surface area contributed by atoms with Crippen LogP contribution >= 0.6 is 0 Å². The average Bonchev–Trinajstić information content (AvgIpc) is 2.34. The molecule has 1 atom stereocenters. The summed E-state index contributed by atoms with van der Waals surface area (Å²) in [5.41, 5.74) is 6.76. The van der Waals surface area contributed by atoms with E-state index in [2.05, 4.69) is 18.3 Å². The number of nitrogens with one attached hydrogen (secondary N) is 1. The molecule has 0 aliphatic heterocycles. The number of ether oxygens (including phenoxy) is 1. The molecule has 3 heteroatoms. The van der Waals surface area contributed by atoms with Crippen LogP contribution in [0.1, 0.15) is 25.3 Å². The number of hydrogen-bond donors (Lipinski definition) is 2. The third-order valence-electron chi connectivity index (χ3n) is 2.78. The SMILES string of the molecule is CCC(CCN)NCc1ccccc1OC. The summed E-state index contributed by atoms with van der Waals surface area (Å²) >= 11 is 0. The van der Waals surface area contributed by atoms with Crippen LogP contribution in [-0.2, 0) is 6.54 Å². The summed E-state index contributed by atoms with van der Waals surface area (Å²) in [6.45, 7) is 3.75. The summed E-state index contributed by atoms with van der Waals surface area (Å²) < 4.78 is 5.31. The average molecular weight is 222 g/mol. The van der Waals surface area contributed by atoms with Gasteiger partial charge in [-0.25, -0.2) is 0 Å². The molecule has 0 radical (unpaired) electrons. The Labute approximate surface area is 98.0 Å². The van der Waals surface area contributed by atoms with Gasteiger partial charge in [-0.15, -0.1) is 0 Å². The van der Waals surface area contributed by atoms with Gasteiger partial charge in [0.1, 0.15) is 5.75 Å². The van der Waals surface area contributed by atoms with E-state index in [0.717, 1.165) is 31.7 Å². The fourth-order valence-electron chi connectivity index (χ4n) is 1.76. The Morgan fingerprint density at radius 3 is 2.75 bits per heavy atom. The first-order valence-electron chi connectivity index (χ1n) is 5.87. The molecule has 90 valence electrons. The minimum Gasteiger partial charge on any atom is -0.496 e. The predicted octanol–water partition coefficient (Wildman–Crippen LogP) is 1.91. The number of methoxy groups -OCH3 is 1. The van der Waals surface area contributed by atoms with Gasteiger partial charge in [-0.2, -0.15) is 0 Å². The summed E-state index contributed by atoms with van der Waals surface area (Å²) in [4.78, 5) is 0. The number of nitrogens with two attached hydrogens (primary N) is 1. The number of rotatable bonds is 7. The van der Waals surface area contributed by atoms with E-state index in [9.17, 15) is 0 Å². The summed E-state index contributed by atoms with van der Waals surface area (Å²) in [6.07, 6.45) is 2.12. The van der Waals surface area contributed by atoms with Gasteiger partial charge in [0.05, 0.1) is 7.11 Å². The second-order valence-corrected chi connectivity index (χ2v) is 3.88. The van der Waals surface area contributed by atoms with Crippen LogP contribution in [-0.4, -0.2) is 19.7 Å². The van der Waals surface area contributed by atoms with Crippen molar-refractivity contribution in [3.8, 4) is 5.75 Å². The van der Waals surface area contributed by atoms with Crippen molar-refractivity contribution in [2.75, 3.05) is 13.7 Å². The molecule has 1 aromatic carbocycles. The van der Waals surface area contributed by atoms with Crippen LogP contribution in [0.25, 0.3) is 0 Å². The van der Waals surface area contributed by atoms with Gasteiger partial charge in [-0.1, -0.05) is 25.1 Å². The third-order valence-corrected chi connectivity index (χ3v) is 2.78. The molecule has 0 saturated carbocycles. The first kappa shape index (κ1) is 13.0. The molecule has 3 N–H and O–H groups in total. The van der Waals surface area contributed by atoms with E-state index in [1.807, 2.05) is 18.2 Å². The monoisotopic (exact) mass is 222 g/mol. The van der Waals surface area contributed by atoms with Crippen LogP contribution in [0.3, 0.4) is 0 Å². The Morgan fingerprint density at radius 2 is 2.12 bits per heavy atom. The lowest BCUT2D eigenvalue weighted by atomic mass is 10.1. The predicted molar refractivity (Wildman–Crippen MR) is 67.6 cm³/mol. The summed E-state index contributed by atoms with van der Waals surface area (Å²) in [5.74, 6) is 0.942. The lowest BCUT2D eigenvalue weighted by Gasteiger charge is -2.17. The minimum absolute atomic E-state index is 0.495. The zero-order valence-electron chi connectivity index (χ0n) is 10.2. The first-order chi connectivity index (χ1) is 7.81. The highest BCUT2D eigenvalue weighted by atomic mass is 16.5. The molecule has 0 spiro atoms. The maximum absolute atomic E-state index is 5.57. The Balaban J connectivity index is 2.52. The normalized spacial score (nSPS) is 12.4. The van der Waals surface area contributed by atoms with Gasteiger partial charge in [-0.05, 0) is 25.5 Å². The molecular weight excluding hydrogens is 200 g/mol. The highest BCUT2D eigenvalue weighted by Crippen LogP contribution is 2.17. The van der Waals surface area contributed by atoms with Crippen molar-refractivity contribution >= 4 is 0 Å². The highest BCUT2D eigenvalue weighted by molar-refractivity contribution is 5.32. The Kier molecular flexibility index (Phi) is 5.90. The molecule has 16 heavy (non-hydrogen) atoms. The quantitative estimate of drug-likeness (QED) is 0.741. The number of hydrogen-bond acceptors (Lipinski definition) is 3. The van der Waals surface area contributed by atoms with Gasteiger partial charge in [0, 0.05) is 18.2 Å². The van der Waals surface area contributed by atoms with Crippen LogP contribution in [0.5, 0.6) is 5.75 Å². The van der Waals surface area contributed by atoms with Gasteiger partial charge in [0.2, 0.25) is 0 Å². The van der Waals surface area contributed by atoms with Crippen molar-refractivity contribution in [2.24, 2.45) is 5.73 Å². The standard InChI is InChI=1S/C13H22N2O/c1-3-12(8-9-14)15-10-11-6-4-5-7-13(11)16-2/h4-7,12,15H,3,8-10,14H2,1-2H3. The number of para-hydroxylation sites is 1. The first-order valence-corrected chi connectivity index (χ1v) is 5.87. The molecule has 0 amide bonds. The van der Waals surface area contributed by atoms with E-state index in [1.165, 1.54) is 5.56 Å². The van der Waals surface area contributed by atoms with E-state index < -0.39 is 0 Å². The zero-order chi connectivity index (χ0) is 11.8. The summed E-state index contributed by atoms with van der Waals surface area (Å²) in [5, 5.41) is 3.50. The summed E-state index contributed by atoms with van der Waals surface area (Å²) in [6, 6.07) is 8.58. The van der Waals surface area contributed by atoms with Gasteiger partial charge in [0.15, 0.2) is 0 Å². The van der Waals surface area contributed by atoms with Crippen molar-refractivity contribution in [1.29, 1.82) is 0 Å². The van der Waals surface area contributed by atoms with Crippen molar-refractivity contribution in [1.82, 2.24) is 5.32 Å². The fraction of sp³-hybridized carbons (Fsp3) is 0.538. The van der Waals surface area contributed by atoms with Gasteiger partial charge >= 0.3 is 0 Å². The second-order valence-electron chi connectivity index (χ2n) is 3.88. The van der Waals surface area contributed by atoms with Crippen LogP contribution < -0.4 is 15.8 Å². The molecule has 0 bridgehead atoms. The molecular formula is C13H22N2O. The molecule has 1 unspecified atom stereocenters. The molecule has 1 aromatic rings. The molecule has 3 nitrogen and oxygen atoms in total. The largest absolute Gasteiger partial charge is 0.496 e. The lowest BCUT2D eigenvalue weighted by molar-refractivity contribution is 0.402. The van der Waals surface area contributed by atoms with Crippen LogP contribution in [0.4, 0.5) is 0 Å². The van der Waals surface area contributed by atoms with E-state index in [-0.39, 0.29) is 0 Å². The second kappa shape index (κ2) is 7.25. The Bertz CT molecular complexity index is 302. The molecule has 0 heterocycles. The number of benzene rings is 1. The van der Waals surface area contributed by atoms with Gasteiger partial charge in [0.25, 0.3) is 0 Å². The van der Waals surface area contributed by atoms with Crippen molar-refractivity contribution in [3.63, 3.8) is 0 Å². The Morgan fingerprint density at radius 1 is 1.38 bits per heavy atom. The smallest absolute Gasteiger partial charge is 0.123 e. The molecule has 0 aliphatic carbocycles. The van der Waals surface area contributed by atoms with Gasteiger partial charge in [-0.3, -0.25) is 0 Å². The van der Waals surface area contributed by atoms with Crippen molar-refractivity contribution in [3.05, 3.63) is 29.8 Å². The summed E-state index contributed by atoms with van der Waals surface area (Å²) in [7, 11) is 1.70. The maximum atomic E-state index is 5.57. The lowest BCUT2D eigenvalue weighted by Crippen LogP contribution is -2.30. The van der Waals surface area contributed by atoms with Gasteiger partial charge < -0.3 is 15.8 Å². The zero-order valence-corrected chi connectivity index (χ0v) is 10.2. The highest BCUT2D eigenvalue weighted by Gasteiger charge is 2.06. The van der Waals surface area contributed by atoms with Crippen LogP contribution in [0, 0.1) is 0 Å². The minimum atomic E-state index is 0.495. The molecule has 0 aliphatic rings. The fourth-order valence-corrected chi connectivity index (χ4v) is 1.76. The molecule has 0 fully saturated rings. The van der Waals surface area contributed by atoms with Crippen LogP contribution in [0.2, 0.25) is 0 Å². The Hall–Kier alpha value is -1.06. The van der Waals surface area contributed by atoms with E-state index >= 15 is 0 Å². The molecule has 0 saturated heterocycles. The topological polar surface area (TPSA) is 47.3 Å². The van der Waals surface area contributed by atoms with E-state index in [1.54, 1.807) is 7.11 Å². The van der Waals surface area contributed by atoms with Crippen LogP contribution in [0.15, 0.2) is 24.3 Å².